The monoisotopic (exact) mass is 463 g/mol. The van der Waals surface area contributed by atoms with Crippen LogP contribution in [-0.4, -0.2) is 32.2 Å². The summed E-state index contributed by atoms with van der Waals surface area (Å²) in [4.78, 5) is 16.5. The Morgan fingerprint density at radius 3 is 2.61 bits per heavy atom. The number of aryl methyl sites for hydroxylation is 1. The highest BCUT2D eigenvalue weighted by atomic mass is 35.5. The Balaban J connectivity index is 1.59. The highest BCUT2D eigenvalue weighted by Crippen LogP contribution is 2.29. The van der Waals surface area contributed by atoms with Gasteiger partial charge in [0.05, 0.1) is 24.7 Å². The standard InChI is InChI=1S/C21H22ClN3O5S/c1-3-31(27,28)25-17-9-8-16(12-18(17)29-2)24-20(26)10-11-21-23-13-19(30-21)14-4-6-15(22)7-5-14/h4-9,12-13,25H,3,10-11H2,1-2H3,(H,24,26). The molecule has 0 aliphatic heterocycles. The molecule has 164 valence electrons. The second kappa shape index (κ2) is 9.84. The van der Waals surface area contributed by atoms with Gasteiger partial charge in [-0.3, -0.25) is 9.52 Å². The predicted octanol–water partition coefficient (Wildman–Crippen LogP) is 4.34. The minimum Gasteiger partial charge on any atom is -0.494 e. The van der Waals surface area contributed by atoms with Gasteiger partial charge in [-0.25, -0.2) is 13.4 Å². The van der Waals surface area contributed by atoms with Crippen LogP contribution in [0.2, 0.25) is 5.02 Å². The third-order valence-corrected chi connectivity index (χ3v) is 5.92. The number of nitrogens with one attached hydrogen (secondary N) is 2. The van der Waals surface area contributed by atoms with Gasteiger partial charge in [-0.1, -0.05) is 11.6 Å². The number of sulfonamides is 1. The van der Waals surface area contributed by atoms with Crippen LogP contribution in [0.25, 0.3) is 11.3 Å². The van der Waals surface area contributed by atoms with E-state index in [1.807, 2.05) is 12.1 Å². The Hall–Kier alpha value is -3.04. The van der Waals surface area contributed by atoms with Crippen LogP contribution in [0.15, 0.2) is 53.1 Å². The van der Waals surface area contributed by atoms with Gasteiger partial charge in [0.1, 0.15) is 5.75 Å². The number of ether oxygens (including phenoxy) is 1. The maximum absolute atomic E-state index is 12.3. The maximum atomic E-state index is 12.3. The molecule has 1 amide bonds. The molecule has 0 fully saturated rings. The summed E-state index contributed by atoms with van der Waals surface area (Å²) in [5.74, 6) is 1.05. The minimum absolute atomic E-state index is 0.0603. The highest BCUT2D eigenvalue weighted by molar-refractivity contribution is 7.92. The normalized spacial score (nSPS) is 11.2. The third-order valence-electron chi connectivity index (χ3n) is 4.38. The number of halogens is 1. The molecule has 3 aromatic rings. The molecule has 0 bridgehead atoms. The van der Waals surface area contributed by atoms with E-state index < -0.39 is 10.0 Å². The summed E-state index contributed by atoms with van der Waals surface area (Å²) in [6.07, 6.45) is 2.09. The number of hydrogen-bond donors (Lipinski definition) is 2. The van der Waals surface area contributed by atoms with E-state index >= 15 is 0 Å². The Morgan fingerprint density at radius 2 is 1.94 bits per heavy atom. The van der Waals surface area contributed by atoms with Crippen LogP contribution in [-0.2, 0) is 21.2 Å². The van der Waals surface area contributed by atoms with Gasteiger partial charge in [0.15, 0.2) is 11.7 Å². The van der Waals surface area contributed by atoms with Crippen molar-refractivity contribution in [3.63, 3.8) is 0 Å². The van der Waals surface area contributed by atoms with Crippen molar-refractivity contribution in [2.24, 2.45) is 0 Å². The fourth-order valence-electron chi connectivity index (χ4n) is 2.71. The molecular weight excluding hydrogens is 442 g/mol. The van der Waals surface area contributed by atoms with Crippen LogP contribution >= 0.6 is 11.6 Å². The SMILES string of the molecule is CCS(=O)(=O)Nc1ccc(NC(=O)CCc2ncc(-c3ccc(Cl)cc3)o2)cc1OC. The molecule has 0 saturated heterocycles. The van der Waals surface area contributed by atoms with Crippen LogP contribution < -0.4 is 14.8 Å². The Labute approximate surface area is 185 Å². The summed E-state index contributed by atoms with van der Waals surface area (Å²) >= 11 is 5.89. The van der Waals surface area contributed by atoms with E-state index in [4.69, 9.17) is 20.8 Å². The molecule has 2 aromatic carbocycles. The van der Waals surface area contributed by atoms with Gasteiger partial charge >= 0.3 is 0 Å². The van der Waals surface area contributed by atoms with Crippen molar-refractivity contribution in [3.05, 3.63) is 59.6 Å². The molecule has 0 aliphatic carbocycles. The lowest BCUT2D eigenvalue weighted by Crippen LogP contribution is -2.16. The molecule has 0 radical (unpaired) electrons. The molecule has 0 saturated carbocycles. The Morgan fingerprint density at radius 1 is 1.19 bits per heavy atom. The lowest BCUT2D eigenvalue weighted by atomic mass is 10.2. The fraction of sp³-hybridized carbons (Fsp3) is 0.238. The van der Waals surface area contributed by atoms with Crippen molar-refractivity contribution in [1.29, 1.82) is 0 Å². The first-order valence-corrected chi connectivity index (χ1v) is 11.5. The Bertz CT molecular complexity index is 1160. The number of hydrogen-bond acceptors (Lipinski definition) is 6. The summed E-state index contributed by atoms with van der Waals surface area (Å²) in [6.45, 7) is 1.54. The molecule has 3 rings (SSSR count). The summed E-state index contributed by atoms with van der Waals surface area (Å²) in [6, 6.07) is 11.9. The topological polar surface area (TPSA) is 111 Å². The van der Waals surface area contributed by atoms with Gasteiger partial charge in [-0.05, 0) is 43.3 Å². The van der Waals surface area contributed by atoms with Gasteiger partial charge in [0.25, 0.3) is 0 Å². The van der Waals surface area contributed by atoms with Crippen LogP contribution in [0.4, 0.5) is 11.4 Å². The van der Waals surface area contributed by atoms with E-state index in [1.165, 1.54) is 20.1 Å². The quantitative estimate of drug-likeness (QED) is 0.488. The van der Waals surface area contributed by atoms with Crippen molar-refractivity contribution >= 4 is 38.9 Å². The van der Waals surface area contributed by atoms with Crippen molar-refractivity contribution in [3.8, 4) is 17.1 Å². The van der Waals surface area contributed by atoms with E-state index in [-0.39, 0.29) is 18.1 Å². The molecular formula is C21H22ClN3O5S. The first-order valence-electron chi connectivity index (χ1n) is 9.48. The van der Waals surface area contributed by atoms with Crippen LogP contribution in [0.3, 0.4) is 0 Å². The number of anilines is 2. The summed E-state index contributed by atoms with van der Waals surface area (Å²) < 4.78 is 36.9. The molecule has 31 heavy (non-hydrogen) atoms. The van der Waals surface area contributed by atoms with Crippen LogP contribution in [0.1, 0.15) is 19.2 Å². The minimum atomic E-state index is -3.44. The summed E-state index contributed by atoms with van der Waals surface area (Å²) in [7, 11) is -2.02. The van der Waals surface area contributed by atoms with Crippen molar-refractivity contribution in [1.82, 2.24) is 4.98 Å². The number of aromatic nitrogens is 1. The van der Waals surface area contributed by atoms with Gasteiger partial charge in [-0.15, -0.1) is 0 Å². The van der Waals surface area contributed by atoms with E-state index in [0.29, 0.717) is 40.2 Å². The average molecular weight is 464 g/mol. The van der Waals surface area contributed by atoms with E-state index in [1.54, 1.807) is 30.5 Å². The van der Waals surface area contributed by atoms with Crippen LogP contribution in [0.5, 0.6) is 5.75 Å². The number of benzene rings is 2. The van der Waals surface area contributed by atoms with E-state index in [2.05, 4.69) is 15.0 Å². The molecule has 1 aromatic heterocycles. The maximum Gasteiger partial charge on any atom is 0.232 e. The molecule has 0 unspecified atom stereocenters. The zero-order chi connectivity index (χ0) is 22.4. The molecule has 1 heterocycles. The number of carbonyl (C=O) groups is 1. The molecule has 0 atom stereocenters. The molecule has 0 spiro atoms. The molecule has 10 heteroatoms. The lowest BCUT2D eigenvalue weighted by Gasteiger charge is -2.13. The number of rotatable bonds is 9. The first-order chi connectivity index (χ1) is 14.8. The van der Waals surface area contributed by atoms with Crippen molar-refractivity contribution in [2.75, 3.05) is 22.9 Å². The van der Waals surface area contributed by atoms with Gasteiger partial charge in [0, 0.05) is 35.2 Å². The number of nitrogens with zero attached hydrogens (tertiary/aromatic N) is 1. The zero-order valence-corrected chi connectivity index (χ0v) is 18.6. The summed E-state index contributed by atoms with van der Waals surface area (Å²) in [5.41, 5.74) is 1.63. The summed E-state index contributed by atoms with van der Waals surface area (Å²) in [5, 5.41) is 3.39. The largest absolute Gasteiger partial charge is 0.494 e. The number of amides is 1. The number of methoxy groups -OCH3 is 1. The smallest absolute Gasteiger partial charge is 0.232 e. The number of oxazole rings is 1. The second-order valence-corrected chi connectivity index (χ2v) is 9.04. The lowest BCUT2D eigenvalue weighted by molar-refractivity contribution is -0.116. The molecule has 0 aliphatic rings. The number of carbonyl (C=O) groups excluding carboxylic acids is 1. The van der Waals surface area contributed by atoms with Crippen molar-refractivity contribution < 1.29 is 22.4 Å². The van der Waals surface area contributed by atoms with E-state index in [9.17, 15) is 13.2 Å². The van der Waals surface area contributed by atoms with E-state index in [0.717, 1.165) is 5.56 Å². The van der Waals surface area contributed by atoms with Gasteiger partial charge in [-0.2, -0.15) is 0 Å². The first kappa shape index (κ1) is 22.6. The average Bonchev–Trinajstić information content (AvgIpc) is 3.23. The predicted molar refractivity (Wildman–Crippen MR) is 120 cm³/mol. The zero-order valence-electron chi connectivity index (χ0n) is 17.0. The Kier molecular flexibility index (Phi) is 7.19. The van der Waals surface area contributed by atoms with Gasteiger partial charge in [0.2, 0.25) is 15.9 Å². The van der Waals surface area contributed by atoms with Crippen LogP contribution in [0, 0.1) is 0 Å². The van der Waals surface area contributed by atoms with Crippen molar-refractivity contribution in [2.45, 2.75) is 19.8 Å². The highest BCUT2D eigenvalue weighted by Gasteiger charge is 2.13. The molecule has 8 nitrogen and oxygen atoms in total. The van der Waals surface area contributed by atoms with Gasteiger partial charge < -0.3 is 14.5 Å². The molecule has 2 N–H and O–H groups in total. The third kappa shape index (κ3) is 6.22. The second-order valence-electron chi connectivity index (χ2n) is 6.59. The fourth-order valence-corrected chi connectivity index (χ4v) is 3.48.